The summed E-state index contributed by atoms with van der Waals surface area (Å²) in [6.07, 6.45) is 0.742. The van der Waals surface area contributed by atoms with E-state index in [0.717, 1.165) is 5.46 Å². The molecule has 0 amide bonds. The van der Waals surface area contributed by atoms with Gasteiger partial charge in [-0.2, -0.15) is 0 Å². The van der Waals surface area contributed by atoms with Crippen molar-refractivity contribution in [3.63, 3.8) is 0 Å². The van der Waals surface area contributed by atoms with Crippen LogP contribution in [0.4, 0.5) is 4.39 Å². The van der Waals surface area contributed by atoms with Crippen molar-refractivity contribution in [3.05, 3.63) is 29.6 Å². The van der Waals surface area contributed by atoms with Gasteiger partial charge in [0.15, 0.2) is 0 Å². The Bertz CT molecular complexity index is 483. The third-order valence-corrected chi connectivity index (χ3v) is 3.90. The van der Waals surface area contributed by atoms with Gasteiger partial charge >= 0.3 is 7.12 Å². The molecular formula is C14H18BFO3. The van der Waals surface area contributed by atoms with Crippen molar-refractivity contribution in [2.75, 3.05) is 0 Å². The Morgan fingerprint density at radius 2 is 1.79 bits per heavy atom. The first-order valence-electron chi connectivity index (χ1n) is 6.34. The Kier molecular flexibility index (Phi) is 3.54. The molecule has 19 heavy (non-hydrogen) atoms. The molecule has 1 aromatic rings. The summed E-state index contributed by atoms with van der Waals surface area (Å²) in [5, 5.41) is 0. The van der Waals surface area contributed by atoms with Crippen molar-refractivity contribution in [1.29, 1.82) is 0 Å². The molecule has 102 valence electrons. The highest BCUT2D eigenvalue weighted by Crippen LogP contribution is 2.36. The first-order valence-corrected chi connectivity index (χ1v) is 6.34. The third-order valence-electron chi connectivity index (χ3n) is 3.90. The molecule has 0 saturated carbocycles. The number of hydrogen-bond donors (Lipinski definition) is 0. The maximum atomic E-state index is 13.5. The molecule has 1 saturated heterocycles. The van der Waals surface area contributed by atoms with Gasteiger partial charge in [0, 0.05) is 6.42 Å². The number of carbonyl (C=O) groups is 1. The molecule has 0 bridgehead atoms. The van der Waals surface area contributed by atoms with E-state index in [1.54, 1.807) is 12.1 Å². The molecule has 0 aliphatic carbocycles. The lowest BCUT2D eigenvalue weighted by Crippen LogP contribution is -2.41. The average molecular weight is 264 g/mol. The van der Waals surface area contributed by atoms with Crippen LogP contribution in [0.3, 0.4) is 0 Å². The van der Waals surface area contributed by atoms with Crippen LogP contribution in [-0.2, 0) is 20.5 Å². The first-order chi connectivity index (χ1) is 8.77. The fourth-order valence-electron chi connectivity index (χ4n) is 1.97. The molecule has 5 heteroatoms. The van der Waals surface area contributed by atoms with Crippen LogP contribution in [0.15, 0.2) is 18.2 Å². The third kappa shape index (κ3) is 2.58. The lowest BCUT2D eigenvalue weighted by Gasteiger charge is -2.32. The second-order valence-corrected chi connectivity index (χ2v) is 5.81. The SMILES string of the molecule is CC1(C)OB(c2ccc(F)c(CC=O)c2)OC1(C)C. The highest BCUT2D eigenvalue weighted by atomic mass is 19.1. The molecule has 0 atom stereocenters. The minimum absolute atomic E-state index is 0.0547. The maximum Gasteiger partial charge on any atom is 0.494 e. The van der Waals surface area contributed by atoms with Crippen LogP contribution in [0.1, 0.15) is 33.3 Å². The van der Waals surface area contributed by atoms with Crippen LogP contribution in [0.25, 0.3) is 0 Å². The molecular weight excluding hydrogens is 246 g/mol. The van der Waals surface area contributed by atoms with E-state index in [1.807, 2.05) is 27.7 Å². The van der Waals surface area contributed by atoms with E-state index in [1.165, 1.54) is 6.07 Å². The van der Waals surface area contributed by atoms with E-state index < -0.39 is 18.3 Å². The topological polar surface area (TPSA) is 35.5 Å². The van der Waals surface area contributed by atoms with Gasteiger partial charge < -0.3 is 14.1 Å². The second kappa shape index (κ2) is 4.73. The molecule has 0 unspecified atom stereocenters. The van der Waals surface area contributed by atoms with Crippen molar-refractivity contribution in [3.8, 4) is 0 Å². The van der Waals surface area contributed by atoms with E-state index in [0.29, 0.717) is 11.8 Å². The largest absolute Gasteiger partial charge is 0.494 e. The number of rotatable bonds is 3. The number of benzene rings is 1. The number of hydrogen-bond acceptors (Lipinski definition) is 3. The maximum absolute atomic E-state index is 13.5. The minimum Gasteiger partial charge on any atom is -0.399 e. The standard InChI is InChI=1S/C14H18BFO3/c1-13(2)14(3,4)19-15(18-13)11-5-6-12(16)10(9-11)7-8-17/h5-6,8-9H,7H2,1-4H3. The lowest BCUT2D eigenvalue weighted by molar-refractivity contribution is -0.107. The van der Waals surface area contributed by atoms with Crippen LogP contribution < -0.4 is 5.46 Å². The van der Waals surface area contributed by atoms with Crippen molar-refractivity contribution in [2.24, 2.45) is 0 Å². The van der Waals surface area contributed by atoms with E-state index in [-0.39, 0.29) is 12.2 Å². The predicted octanol–water partition coefficient (Wildman–Crippen LogP) is 1.87. The summed E-state index contributed by atoms with van der Waals surface area (Å²) in [4.78, 5) is 10.5. The molecule has 1 aromatic carbocycles. The van der Waals surface area contributed by atoms with Gasteiger partial charge in [0.1, 0.15) is 12.1 Å². The molecule has 0 spiro atoms. The van der Waals surface area contributed by atoms with E-state index in [9.17, 15) is 9.18 Å². The number of carbonyl (C=O) groups excluding carboxylic acids is 1. The van der Waals surface area contributed by atoms with Gasteiger partial charge in [0.25, 0.3) is 0 Å². The van der Waals surface area contributed by atoms with Gasteiger partial charge in [0.2, 0.25) is 0 Å². The Labute approximate surface area is 113 Å². The lowest BCUT2D eigenvalue weighted by atomic mass is 9.78. The van der Waals surface area contributed by atoms with Crippen molar-refractivity contribution >= 4 is 18.9 Å². The van der Waals surface area contributed by atoms with Gasteiger partial charge in [-0.15, -0.1) is 0 Å². The van der Waals surface area contributed by atoms with Gasteiger partial charge in [-0.3, -0.25) is 0 Å². The number of halogens is 1. The fourth-order valence-corrected chi connectivity index (χ4v) is 1.97. The van der Waals surface area contributed by atoms with Crippen molar-refractivity contribution in [1.82, 2.24) is 0 Å². The van der Waals surface area contributed by atoms with Crippen LogP contribution in [-0.4, -0.2) is 24.6 Å². The minimum atomic E-state index is -0.531. The van der Waals surface area contributed by atoms with Gasteiger partial charge in [-0.25, -0.2) is 4.39 Å². The van der Waals surface area contributed by atoms with E-state index in [2.05, 4.69) is 0 Å². The normalized spacial score (nSPS) is 20.6. The molecule has 3 nitrogen and oxygen atoms in total. The summed E-state index contributed by atoms with van der Waals surface area (Å²) in [6.45, 7) is 7.84. The Morgan fingerprint density at radius 3 is 2.32 bits per heavy atom. The van der Waals surface area contributed by atoms with Crippen LogP contribution in [0.5, 0.6) is 0 Å². The summed E-state index contributed by atoms with van der Waals surface area (Å²) < 4.78 is 25.3. The highest BCUT2D eigenvalue weighted by Gasteiger charge is 2.51. The Balaban J connectivity index is 2.29. The smallest absolute Gasteiger partial charge is 0.399 e. The summed E-state index contributed by atoms with van der Waals surface area (Å²) in [6, 6.07) is 4.61. The molecule has 2 rings (SSSR count). The average Bonchev–Trinajstić information content (AvgIpc) is 2.51. The van der Waals surface area contributed by atoms with E-state index >= 15 is 0 Å². The second-order valence-electron chi connectivity index (χ2n) is 5.81. The summed E-state index contributed by atoms with van der Waals surface area (Å²) in [5.41, 5.74) is 0.229. The van der Waals surface area contributed by atoms with Crippen molar-refractivity contribution in [2.45, 2.75) is 45.3 Å². The van der Waals surface area contributed by atoms with Gasteiger partial charge in [-0.05, 0) is 44.8 Å². The van der Waals surface area contributed by atoms with Crippen LogP contribution in [0, 0.1) is 5.82 Å². The summed E-state index contributed by atoms with van der Waals surface area (Å²) in [5.74, 6) is -0.382. The fraction of sp³-hybridized carbons (Fsp3) is 0.500. The molecule has 1 aliphatic heterocycles. The van der Waals surface area contributed by atoms with Gasteiger partial charge in [0.05, 0.1) is 11.2 Å². The molecule has 1 fully saturated rings. The molecule has 1 aliphatic rings. The van der Waals surface area contributed by atoms with Crippen LogP contribution >= 0.6 is 0 Å². The zero-order chi connectivity index (χ0) is 14.3. The Morgan fingerprint density at radius 1 is 1.21 bits per heavy atom. The quantitative estimate of drug-likeness (QED) is 0.617. The highest BCUT2D eigenvalue weighted by molar-refractivity contribution is 6.62. The number of aldehydes is 1. The molecule has 0 radical (unpaired) electrons. The first kappa shape index (κ1) is 14.2. The zero-order valence-electron chi connectivity index (χ0n) is 11.7. The molecule has 0 N–H and O–H groups in total. The molecule has 0 aromatic heterocycles. The molecule has 1 heterocycles. The monoisotopic (exact) mass is 264 g/mol. The Hall–Kier alpha value is -1.20. The summed E-state index contributed by atoms with van der Waals surface area (Å²) in [7, 11) is -0.531. The zero-order valence-corrected chi connectivity index (χ0v) is 11.7. The van der Waals surface area contributed by atoms with E-state index in [4.69, 9.17) is 9.31 Å². The summed E-state index contributed by atoms with van der Waals surface area (Å²) >= 11 is 0. The predicted molar refractivity (Wildman–Crippen MR) is 71.9 cm³/mol. The van der Waals surface area contributed by atoms with Gasteiger partial charge in [-0.1, -0.05) is 12.1 Å². The van der Waals surface area contributed by atoms with Crippen molar-refractivity contribution < 1.29 is 18.5 Å². The van der Waals surface area contributed by atoms with Crippen LogP contribution in [0.2, 0.25) is 0 Å².